The highest BCUT2D eigenvalue weighted by Gasteiger charge is 2.14. The number of hydrogen-bond donors (Lipinski definition) is 3. The highest BCUT2D eigenvalue weighted by molar-refractivity contribution is 6.01. The molecule has 0 saturated heterocycles. The predicted molar refractivity (Wildman–Crippen MR) is 108 cm³/mol. The molecule has 4 rings (SSSR count). The lowest BCUT2D eigenvalue weighted by Crippen LogP contribution is -2.35. The number of anilines is 1. The zero-order chi connectivity index (χ0) is 20.4. The molecule has 0 bridgehead atoms. The Morgan fingerprint density at radius 1 is 1.00 bits per heavy atom. The summed E-state index contributed by atoms with van der Waals surface area (Å²) in [6.07, 6.45) is 1.33. The molecule has 0 saturated carbocycles. The Balaban J connectivity index is 1.44. The predicted octanol–water partition coefficient (Wildman–Crippen LogP) is 2.00. The van der Waals surface area contributed by atoms with Crippen LogP contribution >= 0.6 is 0 Å². The van der Waals surface area contributed by atoms with Crippen LogP contribution in [0.25, 0.3) is 21.9 Å². The van der Waals surface area contributed by atoms with Gasteiger partial charge in [-0.15, -0.1) is 0 Å². The summed E-state index contributed by atoms with van der Waals surface area (Å²) >= 11 is 0. The van der Waals surface area contributed by atoms with E-state index in [1.165, 1.54) is 12.3 Å². The van der Waals surface area contributed by atoms with E-state index in [1.54, 1.807) is 48.5 Å². The van der Waals surface area contributed by atoms with Crippen molar-refractivity contribution in [3.05, 3.63) is 87.0 Å². The summed E-state index contributed by atoms with van der Waals surface area (Å²) in [5.74, 6) is -1.11. The monoisotopic (exact) mass is 389 g/mol. The van der Waals surface area contributed by atoms with Crippen LogP contribution in [0.2, 0.25) is 0 Å². The first-order chi connectivity index (χ1) is 14.0. The number of H-pyrrole nitrogens is 1. The largest absolute Gasteiger partial charge is 0.423 e. The van der Waals surface area contributed by atoms with E-state index in [0.29, 0.717) is 27.6 Å². The molecule has 0 aliphatic heterocycles. The van der Waals surface area contributed by atoms with Crippen LogP contribution in [0.5, 0.6) is 0 Å². The van der Waals surface area contributed by atoms with E-state index in [0.717, 1.165) is 0 Å². The number of aromatic nitrogens is 1. The van der Waals surface area contributed by atoms with E-state index in [4.69, 9.17) is 4.42 Å². The molecule has 3 N–H and O–H groups in total. The molecule has 144 valence electrons. The van der Waals surface area contributed by atoms with Gasteiger partial charge in [0, 0.05) is 34.2 Å². The molecule has 29 heavy (non-hydrogen) atoms. The molecular weight excluding hydrogens is 374 g/mol. The molecule has 0 aliphatic carbocycles. The Labute approximate surface area is 163 Å². The third-order valence-electron chi connectivity index (χ3n) is 4.35. The van der Waals surface area contributed by atoms with Crippen molar-refractivity contribution in [2.24, 2.45) is 0 Å². The Kier molecular flexibility index (Phi) is 4.66. The van der Waals surface area contributed by atoms with Gasteiger partial charge in [0.2, 0.25) is 11.3 Å². The number of carbonyl (C=O) groups excluding carboxylic acids is 2. The third-order valence-corrected chi connectivity index (χ3v) is 4.35. The standard InChI is InChI=1S/C21H15N3O5/c25-18(24-13-6-7-17-12(9-13)5-8-19(26)29-17)11-23-21(28)15-10-22-16-4-2-1-3-14(16)20(15)27/h1-10H,11H2,(H,22,27)(H,23,28)(H,24,25). The van der Waals surface area contributed by atoms with Gasteiger partial charge in [-0.05, 0) is 36.4 Å². The minimum atomic E-state index is -0.646. The van der Waals surface area contributed by atoms with Crippen molar-refractivity contribution in [3.63, 3.8) is 0 Å². The van der Waals surface area contributed by atoms with E-state index in [9.17, 15) is 19.2 Å². The molecule has 0 aliphatic rings. The lowest BCUT2D eigenvalue weighted by molar-refractivity contribution is -0.115. The summed E-state index contributed by atoms with van der Waals surface area (Å²) in [5, 5.41) is 6.12. The maximum absolute atomic E-state index is 12.4. The van der Waals surface area contributed by atoms with Crippen LogP contribution in [0.4, 0.5) is 5.69 Å². The van der Waals surface area contributed by atoms with Crippen molar-refractivity contribution in [2.75, 3.05) is 11.9 Å². The van der Waals surface area contributed by atoms with Gasteiger partial charge in [-0.1, -0.05) is 12.1 Å². The molecule has 8 heteroatoms. The van der Waals surface area contributed by atoms with Gasteiger partial charge in [0.05, 0.1) is 6.54 Å². The normalized spacial score (nSPS) is 10.8. The summed E-state index contributed by atoms with van der Waals surface area (Å²) in [6.45, 7) is -0.312. The molecule has 0 radical (unpaired) electrons. The van der Waals surface area contributed by atoms with Crippen LogP contribution in [0.15, 0.2) is 74.8 Å². The van der Waals surface area contributed by atoms with Crippen molar-refractivity contribution in [1.82, 2.24) is 10.3 Å². The lowest BCUT2D eigenvalue weighted by atomic mass is 10.1. The smallest absolute Gasteiger partial charge is 0.336 e. The number of carbonyl (C=O) groups is 2. The van der Waals surface area contributed by atoms with Crippen molar-refractivity contribution >= 4 is 39.4 Å². The van der Waals surface area contributed by atoms with Crippen LogP contribution < -0.4 is 21.7 Å². The number of benzene rings is 2. The Hall–Kier alpha value is -4.20. The average Bonchev–Trinajstić information content (AvgIpc) is 2.72. The maximum Gasteiger partial charge on any atom is 0.336 e. The molecule has 0 unspecified atom stereocenters. The van der Waals surface area contributed by atoms with Gasteiger partial charge in [-0.25, -0.2) is 4.79 Å². The second-order valence-corrected chi connectivity index (χ2v) is 6.31. The zero-order valence-electron chi connectivity index (χ0n) is 15.0. The molecule has 2 amide bonds. The number of rotatable bonds is 4. The number of para-hydroxylation sites is 1. The van der Waals surface area contributed by atoms with Crippen LogP contribution in [-0.2, 0) is 4.79 Å². The molecule has 0 spiro atoms. The number of amides is 2. The molecule has 4 aromatic rings. The average molecular weight is 389 g/mol. The number of nitrogens with one attached hydrogen (secondary N) is 3. The van der Waals surface area contributed by atoms with Gasteiger partial charge in [0.25, 0.3) is 5.91 Å². The first kappa shape index (κ1) is 18.2. The fourth-order valence-corrected chi connectivity index (χ4v) is 2.95. The number of hydrogen-bond acceptors (Lipinski definition) is 5. The molecular formula is C21H15N3O5. The lowest BCUT2D eigenvalue weighted by Gasteiger charge is -2.08. The van der Waals surface area contributed by atoms with Gasteiger partial charge >= 0.3 is 5.63 Å². The first-order valence-electron chi connectivity index (χ1n) is 8.74. The SMILES string of the molecule is O=C(CNC(=O)c1c[nH]c2ccccc2c1=O)Nc1ccc2oc(=O)ccc2c1. The van der Waals surface area contributed by atoms with Gasteiger partial charge < -0.3 is 20.0 Å². The third kappa shape index (κ3) is 3.77. The van der Waals surface area contributed by atoms with E-state index in [2.05, 4.69) is 15.6 Å². The highest BCUT2D eigenvalue weighted by Crippen LogP contribution is 2.17. The first-order valence-corrected chi connectivity index (χ1v) is 8.74. The number of fused-ring (bicyclic) bond motifs is 2. The summed E-state index contributed by atoms with van der Waals surface area (Å²) in [7, 11) is 0. The minimum Gasteiger partial charge on any atom is -0.423 e. The van der Waals surface area contributed by atoms with E-state index in [-0.39, 0.29) is 12.1 Å². The molecule has 2 heterocycles. The van der Waals surface area contributed by atoms with Crippen molar-refractivity contribution in [1.29, 1.82) is 0 Å². The van der Waals surface area contributed by atoms with Crippen LogP contribution in [0, 0.1) is 0 Å². The zero-order valence-corrected chi connectivity index (χ0v) is 15.0. The Morgan fingerprint density at radius 2 is 1.83 bits per heavy atom. The second-order valence-electron chi connectivity index (χ2n) is 6.31. The fraction of sp³-hybridized carbons (Fsp3) is 0.0476. The minimum absolute atomic E-state index is 0.0720. The van der Waals surface area contributed by atoms with Crippen molar-refractivity contribution < 1.29 is 14.0 Å². The van der Waals surface area contributed by atoms with Gasteiger partial charge in [-0.3, -0.25) is 14.4 Å². The van der Waals surface area contributed by atoms with Crippen LogP contribution in [0.1, 0.15) is 10.4 Å². The van der Waals surface area contributed by atoms with Crippen LogP contribution in [0.3, 0.4) is 0 Å². The fourth-order valence-electron chi connectivity index (χ4n) is 2.95. The molecule has 0 atom stereocenters. The summed E-state index contributed by atoms with van der Waals surface area (Å²) in [4.78, 5) is 51.0. The van der Waals surface area contributed by atoms with Crippen molar-refractivity contribution in [2.45, 2.75) is 0 Å². The summed E-state index contributed by atoms with van der Waals surface area (Å²) in [6, 6.07) is 14.5. The number of aromatic amines is 1. The quantitative estimate of drug-likeness (QED) is 0.461. The molecule has 2 aromatic heterocycles. The Morgan fingerprint density at radius 3 is 2.69 bits per heavy atom. The van der Waals surface area contributed by atoms with Crippen LogP contribution in [-0.4, -0.2) is 23.3 Å². The number of pyridine rings is 1. The van der Waals surface area contributed by atoms with Crippen molar-refractivity contribution in [3.8, 4) is 0 Å². The van der Waals surface area contributed by atoms with Gasteiger partial charge in [0.1, 0.15) is 11.1 Å². The second kappa shape index (κ2) is 7.43. The highest BCUT2D eigenvalue weighted by atomic mass is 16.4. The summed E-state index contributed by atoms with van der Waals surface area (Å²) in [5.41, 5.74) is 0.568. The molecule has 0 fully saturated rings. The van der Waals surface area contributed by atoms with Gasteiger partial charge in [-0.2, -0.15) is 0 Å². The Bertz CT molecular complexity index is 1370. The van der Waals surface area contributed by atoms with Gasteiger partial charge in [0.15, 0.2) is 0 Å². The maximum atomic E-state index is 12.4. The van der Waals surface area contributed by atoms with E-state index in [1.807, 2.05) is 0 Å². The topological polar surface area (TPSA) is 121 Å². The summed E-state index contributed by atoms with van der Waals surface area (Å²) < 4.78 is 5.03. The van der Waals surface area contributed by atoms with E-state index >= 15 is 0 Å². The molecule has 8 nitrogen and oxygen atoms in total. The van der Waals surface area contributed by atoms with E-state index < -0.39 is 22.9 Å². The molecule has 2 aromatic carbocycles.